The number of carbonyl (C=O) groups excluding carboxylic acids is 2. The number of hydrogen-bond acceptors (Lipinski definition) is 4. The molecule has 1 aliphatic carbocycles. The summed E-state index contributed by atoms with van der Waals surface area (Å²) in [5.41, 5.74) is 3.46. The fourth-order valence-electron chi connectivity index (χ4n) is 5.16. The minimum Gasteiger partial charge on any atom is -0.507 e. The third-order valence-electron chi connectivity index (χ3n) is 6.95. The zero-order valence-corrected chi connectivity index (χ0v) is 20.6. The third-order valence-corrected chi connectivity index (χ3v) is 6.95. The molecule has 1 aliphatic heterocycles. The Labute approximate surface area is 202 Å². The van der Waals surface area contributed by atoms with Crippen molar-refractivity contribution in [3.8, 4) is 5.75 Å². The van der Waals surface area contributed by atoms with E-state index >= 15 is 0 Å². The summed E-state index contributed by atoms with van der Waals surface area (Å²) in [5.74, 6) is -0.0754. The number of likely N-dealkylation sites (tertiary alicyclic amines) is 1. The molecule has 2 aromatic carbocycles. The van der Waals surface area contributed by atoms with E-state index in [1.54, 1.807) is 11.0 Å². The molecule has 0 spiro atoms. The molecule has 1 saturated heterocycles. The molecule has 1 N–H and O–H groups in total. The first kappa shape index (κ1) is 24.1. The Balaban J connectivity index is 1.80. The average molecular weight is 462 g/mol. The number of ether oxygens (including phenoxy) is 1. The van der Waals surface area contributed by atoms with Gasteiger partial charge >= 0.3 is 0 Å². The van der Waals surface area contributed by atoms with Gasteiger partial charge in [0, 0.05) is 11.6 Å². The first-order valence-electron chi connectivity index (χ1n) is 12.4. The molecule has 5 nitrogen and oxygen atoms in total. The van der Waals surface area contributed by atoms with E-state index < -0.39 is 17.7 Å². The van der Waals surface area contributed by atoms with Crippen LogP contribution in [0.5, 0.6) is 5.75 Å². The first-order chi connectivity index (χ1) is 16.3. The number of nitrogens with zero attached hydrogens (tertiary/aromatic N) is 1. The summed E-state index contributed by atoms with van der Waals surface area (Å²) in [7, 11) is 0. The molecule has 0 radical (unpaired) electrons. The van der Waals surface area contributed by atoms with Gasteiger partial charge < -0.3 is 14.7 Å². The zero-order chi connectivity index (χ0) is 24.4. The average Bonchev–Trinajstić information content (AvgIpc) is 3.08. The molecule has 2 aliphatic rings. The lowest BCUT2D eigenvalue weighted by Crippen LogP contribution is -2.40. The predicted molar refractivity (Wildman–Crippen MR) is 134 cm³/mol. The van der Waals surface area contributed by atoms with Crippen molar-refractivity contribution in [2.45, 2.75) is 71.9 Å². The third kappa shape index (κ3) is 4.61. The van der Waals surface area contributed by atoms with Crippen molar-refractivity contribution >= 4 is 17.4 Å². The lowest BCUT2D eigenvalue weighted by molar-refractivity contribution is -0.141. The van der Waals surface area contributed by atoms with Gasteiger partial charge in [-0.05, 0) is 67.5 Å². The molecule has 5 heteroatoms. The quantitative estimate of drug-likeness (QED) is 0.321. The van der Waals surface area contributed by atoms with Crippen LogP contribution in [0.15, 0.2) is 48.0 Å². The van der Waals surface area contributed by atoms with Gasteiger partial charge in [-0.15, -0.1) is 0 Å². The second-order valence-electron chi connectivity index (χ2n) is 10.0. The number of aliphatic hydroxyl groups excluding tert-OH is 1. The molecule has 34 heavy (non-hydrogen) atoms. The van der Waals surface area contributed by atoms with Crippen LogP contribution in [0, 0.1) is 19.8 Å². The number of amides is 1. The smallest absolute Gasteiger partial charge is 0.295 e. The standard InChI is InChI=1S/C29H35NO4/c1-18(2)17-34-24-15-14-21(16-20(24)4)27(31)25-26(23-13-9-8-10-19(23)3)30(29(33)28(25)32)22-11-6-5-7-12-22/h8-10,13-16,18,22,26,31H,5-7,11-12,17H2,1-4H3/b27-25+. The summed E-state index contributed by atoms with van der Waals surface area (Å²) >= 11 is 0. The van der Waals surface area contributed by atoms with Gasteiger partial charge in [-0.3, -0.25) is 9.59 Å². The summed E-state index contributed by atoms with van der Waals surface area (Å²) < 4.78 is 5.87. The van der Waals surface area contributed by atoms with Crippen molar-refractivity contribution in [3.05, 3.63) is 70.3 Å². The number of aryl methyl sites for hydroxylation is 2. The highest BCUT2D eigenvalue weighted by Crippen LogP contribution is 2.44. The molecular formula is C29H35NO4. The fourth-order valence-corrected chi connectivity index (χ4v) is 5.16. The SMILES string of the molecule is Cc1cc(/C(O)=C2\C(=O)C(=O)N(C3CCCCC3)C2c2ccccc2C)ccc1OCC(C)C. The normalized spacial score (nSPS) is 20.9. The van der Waals surface area contributed by atoms with Crippen LogP contribution >= 0.6 is 0 Å². The van der Waals surface area contributed by atoms with Gasteiger partial charge in [-0.2, -0.15) is 0 Å². The molecule has 1 heterocycles. The van der Waals surface area contributed by atoms with Crippen LogP contribution in [0.25, 0.3) is 5.76 Å². The second-order valence-corrected chi connectivity index (χ2v) is 10.0. The van der Waals surface area contributed by atoms with Crippen molar-refractivity contribution in [2.24, 2.45) is 5.92 Å². The maximum atomic E-state index is 13.4. The molecule has 1 amide bonds. The Hall–Kier alpha value is -3.08. The van der Waals surface area contributed by atoms with Crippen molar-refractivity contribution in [1.29, 1.82) is 0 Å². The number of ketones is 1. The molecule has 2 aromatic rings. The Morgan fingerprint density at radius 2 is 1.74 bits per heavy atom. The summed E-state index contributed by atoms with van der Waals surface area (Å²) in [6.07, 6.45) is 5.02. The molecule has 1 saturated carbocycles. The summed E-state index contributed by atoms with van der Waals surface area (Å²) in [6, 6.07) is 12.7. The highest BCUT2D eigenvalue weighted by molar-refractivity contribution is 6.46. The highest BCUT2D eigenvalue weighted by Gasteiger charge is 2.49. The molecule has 2 fully saturated rings. The maximum absolute atomic E-state index is 13.4. The lowest BCUT2D eigenvalue weighted by Gasteiger charge is -2.36. The van der Waals surface area contributed by atoms with Gasteiger partial charge in [0.15, 0.2) is 0 Å². The van der Waals surface area contributed by atoms with E-state index in [-0.39, 0.29) is 17.4 Å². The van der Waals surface area contributed by atoms with Crippen LogP contribution in [-0.4, -0.2) is 34.3 Å². The molecule has 180 valence electrons. The van der Waals surface area contributed by atoms with Crippen LogP contribution in [0.4, 0.5) is 0 Å². The number of Topliss-reactive ketones (excluding diaryl/α,β-unsaturated/α-hetero) is 1. The number of rotatable bonds is 6. The van der Waals surface area contributed by atoms with E-state index in [9.17, 15) is 14.7 Å². The van der Waals surface area contributed by atoms with E-state index in [1.807, 2.05) is 50.2 Å². The van der Waals surface area contributed by atoms with Gasteiger partial charge in [0.2, 0.25) is 0 Å². The van der Waals surface area contributed by atoms with Crippen LogP contribution in [0.3, 0.4) is 0 Å². The molecule has 1 atom stereocenters. The lowest BCUT2D eigenvalue weighted by atomic mass is 9.89. The molecule has 0 bridgehead atoms. The molecule has 4 rings (SSSR count). The molecule has 1 unspecified atom stereocenters. The van der Waals surface area contributed by atoms with Crippen LogP contribution in [-0.2, 0) is 9.59 Å². The Morgan fingerprint density at radius 1 is 1.03 bits per heavy atom. The monoisotopic (exact) mass is 461 g/mol. The minimum absolute atomic E-state index is 0.00801. The Morgan fingerprint density at radius 3 is 2.38 bits per heavy atom. The van der Waals surface area contributed by atoms with E-state index in [2.05, 4.69) is 13.8 Å². The summed E-state index contributed by atoms with van der Waals surface area (Å²) in [4.78, 5) is 28.4. The summed E-state index contributed by atoms with van der Waals surface area (Å²) in [6.45, 7) is 8.69. The van der Waals surface area contributed by atoms with E-state index in [0.717, 1.165) is 54.5 Å². The largest absolute Gasteiger partial charge is 0.507 e. The second kappa shape index (κ2) is 10.0. The number of carbonyl (C=O) groups is 2. The summed E-state index contributed by atoms with van der Waals surface area (Å²) in [5, 5.41) is 11.4. The van der Waals surface area contributed by atoms with E-state index in [1.165, 1.54) is 0 Å². The van der Waals surface area contributed by atoms with Crippen molar-refractivity contribution in [3.63, 3.8) is 0 Å². The van der Waals surface area contributed by atoms with Crippen LogP contribution in [0.1, 0.15) is 74.2 Å². The first-order valence-corrected chi connectivity index (χ1v) is 12.4. The Bertz CT molecular complexity index is 1110. The molecular weight excluding hydrogens is 426 g/mol. The van der Waals surface area contributed by atoms with Crippen LogP contribution < -0.4 is 4.74 Å². The van der Waals surface area contributed by atoms with E-state index in [0.29, 0.717) is 18.1 Å². The minimum atomic E-state index is -0.603. The highest BCUT2D eigenvalue weighted by atomic mass is 16.5. The maximum Gasteiger partial charge on any atom is 0.295 e. The topological polar surface area (TPSA) is 66.8 Å². The van der Waals surface area contributed by atoms with Gasteiger partial charge in [0.1, 0.15) is 11.5 Å². The van der Waals surface area contributed by atoms with Gasteiger partial charge in [0.05, 0.1) is 18.2 Å². The predicted octanol–water partition coefficient (Wildman–Crippen LogP) is 6.09. The van der Waals surface area contributed by atoms with Crippen molar-refractivity contribution < 1.29 is 19.4 Å². The molecule has 0 aromatic heterocycles. The Kier molecular flexibility index (Phi) is 7.11. The van der Waals surface area contributed by atoms with Gasteiger partial charge in [0.25, 0.3) is 11.7 Å². The van der Waals surface area contributed by atoms with E-state index in [4.69, 9.17) is 4.74 Å². The van der Waals surface area contributed by atoms with Gasteiger partial charge in [-0.25, -0.2) is 0 Å². The number of hydrogen-bond donors (Lipinski definition) is 1. The number of aliphatic hydroxyl groups is 1. The zero-order valence-electron chi connectivity index (χ0n) is 20.6. The van der Waals surface area contributed by atoms with Crippen molar-refractivity contribution in [2.75, 3.05) is 6.61 Å². The van der Waals surface area contributed by atoms with Gasteiger partial charge in [-0.1, -0.05) is 57.4 Å². The van der Waals surface area contributed by atoms with Crippen LogP contribution in [0.2, 0.25) is 0 Å². The van der Waals surface area contributed by atoms with Crippen molar-refractivity contribution in [1.82, 2.24) is 4.90 Å². The number of benzene rings is 2. The fraction of sp³-hybridized carbons (Fsp3) is 0.448.